The summed E-state index contributed by atoms with van der Waals surface area (Å²) in [7, 11) is 0. The number of aliphatic carboxylic acids is 2. The largest absolute Gasteiger partial charge is 1.00 e. The third-order valence-corrected chi connectivity index (χ3v) is 6.63. The predicted octanol–water partition coefficient (Wildman–Crippen LogP) is 13.1. The number of rotatable bonds is 7. The van der Waals surface area contributed by atoms with Crippen molar-refractivity contribution in [3.8, 4) is 6.07 Å². The average molecular weight is 2130 g/mol. The third kappa shape index (κ3) is 120. The Morgan fingerprint density at radius 1 is 0.671 bits per heavy atom. The van der Waals surface area contributed by atoms with Gasteiger partial charge in [0.2, 0.25) is 11.8 Å². The van der Waals surface area contributed by atoms with Gasteiger partial charge in [0.25, 0.3) is 0 Å². The summed E-state index contributed by atoms with van der Waals surface area (Å²) >= 11 is 18.7. The molecule has 0 aromatic heterocycles. The molecule has 17 nitrogen and oxygen atoms in total. The van der Waals surface area contributed by atoms with Gasteiger partial charge >= 0.3 is 41.5 Å². The molecule has 0 aliphatic carbocycles. The van der Waals surface area contributed by atoms with Gasteiger partial charge < -0.3 is 65.2 Å². The van der Waals surface area contributed by atoms with E-state index in [2.05, 4.69) is 214 Å². The van der Waals surface area contributed by atoms with Gasteiger partial charge in [-0.05, 0) is 73.3 Å². The van der Waals surface area contributed by atoms with E-state index >= 15 is 0 Å². The average Bonchev–Trinajstić information content (AvgIpc) is 0.813. The first-order valence-electron chi connectivity index (χ1n) is 33.2. The quantitative estimate of drug-likeness (QED) is 0.0420. The first-order valence-corrected chi connectivity index (χ1v) is 33.9. The van der Waals surface area contributed by atoms with Crippen molar-refractivity contribution in [2.45, 2.75) is 193 Å². The fraction of sp³-hybridized carbons (Fsp3) is 0.661. The molecular weight excluding hydrogens is 2000 g/mol. The molecule has 14 N–H and O–H groups in total. The van der Waals surface area contributed by atoms with Gasteiger partial charge in [0.05, 0.1) is 15.3 Å². The van der Waals surface area contributed by atoms with E-state index in [0.717, 1.165) is 9.43 Å². The zero-order valence-electron chi connectivity index (χ0n) is 70.3. The number of nitrogens with two attached hydrogens (primary N) is 4. The molecule has 2 aromatic rings. The van der Waals surface area contributed by atoms with Gasteiger partial charge in [-0.2, -0.15) is 5.26 Å². The zero-order valence-corrected chi connectivity index (χ0v) is 71.6. The normalized spacial score (nSPS) is 15.5. The number of carboxylic acids is 2. The number of nitriles is 1. The molecule has 0 heterocycles. The summed E-state index contributed by atoms with van der Waals surface area (Å²) in [4.78, 5) is 63.2. The first-order chi connectivity index (χ1) is 44.4. The van der Waals surface area contributed by atoms with Crippen LogP contribution in [0.15, 0.2) is 60.7 Å². The fourth-order valence-corrected chi connectivity index (χ4v) is 2.70. The van der Waals surface area contributed by atoms with Crippen molar-refractivity contribution in [1.82, 2.24) is 5.32 Å². The maximum absolute atomic E-state index is 11.6. The third-order valence-electron chi connectivity index (χ3n) is 6.63. The molecule has 0 radical (unpaired) electrons. The number of halogens is 8. The van der Waals surface area contributed by atoms with Crippen molar-refractivity contribution >= 4 is 217 Å². The minimum atomic E-state index is -2.43. The zero-order chi connectivity index (χ0) is 84.7. The molecule has 0 bridgehead atoms. The van der Waals surface area contributed by atoms with Crippen LogP contribution in [0.3, 0.4) is 0 Å². The molecule has 0 aliphatic heterocycles. The van der Waals surface area contributed by atoms with Crippen LogP contribution in [0.1, 0.15) is 214 Å². The van der Waals surface area contributed by atoms with Crippen LogP contribution in [0.4, 0.5) is 0 Å². The second kappa shape index (κ2) is 66.7. The van der Waals surface area contributed by atoms with E-state index in [-0.39, 0.29) is 41.6 Å². The maximum Gasteiger partial charge on any atom is 1.00 e. The van der Waals surface area contributed by atoms with Gasteiger partial charge in [0.15, 0.2) is 0 Å². The van der Waals surface area contributed by atoms with Gasteiger partial charge in [0, 0.05) is 42.1 Å². The van der Waals surface area contributed by atoms with Crippen LogP contribution in [-0.2, 0) is 28.8 Å². The molecule has 0 spiro atoms. The number of primary amides is 2. The van der Waals surface area contributed by atoms with Crippen LogP contribution in [0.2, 0.25) is 0 Å². The number of nitrogens with zero attached hydrogens (tertiary/aromatic N) is 2. The smallest absolute Gasteiger partial charge is 0.512 e. The number of amides is 2. The van der Waals surface area contributed by atoms with E-state index in [9.17, 15) is 34.0 Å². The van der Waals surface area contributed by atoms with Crippen molar-refractivity contribution in [3.63, 3.8) is 0 Å². The van der Waals surface area contributed by atoms with E-state index in [0.29, 0.717) is 17.6 Å². The minimum Gasteiger partial charge on any atom is -0.512 e. The summed E-state index contributed by atoms with van der Waals surface area (Å²) in [5.74, 6) is -3.76. The number of aldehydes is 2. The summed E-state index contributed by atoms with van der Waals surface area (Å²) in [6, 6.07) is 15.6. The Bertz CT molecular complexity index is 2570. The van der Waals surface area contributed by atoms with Crippen LogP contribution < -0.4 is 57.8 Å². The molecule has 496 valence electrons. The number of hydrogen-bond donors (Lipinski definition) is 8. The van der Waals surface area contributed by atoms with Gasteiger partial charge in [-0.15, -0.1) is 0 Å². The standard InChI is InChI=1S/C14H19N3O.C8H10N2O.C6H13NO2.C5H10O2.C5H12O.2C5H10O.C2H3I3.2C2H4I2.C2H5I.C2H6.CN.Na.H2O/c1-14(2,3)11(9-15)17-12(13(16)18)10-7-5-4-6-8-10;9-7(8(10)11)6-4-2-1-3-5-6;1-6(2,3)4(7)5(8)9;1-5(2,3)4(6)7;3*1-5(2,3)4-6;1-2(3,4)5;2*1-2(3)4;1-2-3;2*1-2;;/h4-8,11-12,17H,1-3H3,(H2,16,18);1-5,7H,9H2,(H2,10,11);4H,7H2,1-3H3,(H,8,9);1-3H3,(H,6,7);6H,4H2,1-3H3;2*4H,1-3H3;1H3;2*2H,1H3;2H2,1H3;1-2H3;;;1H2/q;;;;;;;;;;;;-1;+1;/t11-,12?;;4-;;;;;;;;;;;;/m1.1............/s1/i1D3;;5*1D3;;;;;;;;. The molecule has 2 unspecified atom stereocenters. The second-order valence-electron chi connectivity index (χ2n) is 19.3. The van der Waals surface area contributed by atoms with Gasteiger partial charge in [-0.1, -0.05) is 366 Å². The van der Waals surface area contributed by atoms with Crippen LogP contribution in [0.5, 0.6) is 0 Å². The molecule has 2 rings (SSSR count). The van der Waals surface area contributed by atoms with Crippen molar-refractivity contribution < 1.29 is 104 Å². The Morgan fingerprint density at radius 2 is 0.976 bits per heavy atom. The molecule has 0 saturated carbocycles. The van der Waals surface area contributed by atoms with Crippen molar-refractivity contribution in [2.75, 3.05) is 11.0 Å². The van der Waals surface area contributed by atoms with Gasteiger partial charge in [0.1, 0.15) is 36.2 Å². The summed E-state index contributed by atoms with van der Waals surface area (Å²) in [5.41, 5.74) is 14.7. The number of carboxylic acid groups (broad SMARTS) is 2. The topological polar surface area (TPSA) is 358 Å². The van der Waals surface area contributed by atoms with E-state index in [1.54, 1.807) is 42.5 Å². The molecular formula is C59H108I8N7NaO10. The number of nitrogens with one attached hydrogen (secondary N) is 1. The summed E-state index contributed by atoms with van der Waals surface area (Å²) in [6.07, 6.45) is 0.917. The Morgan fingerprint density at radius 3 is 1.12 bits per heavy atom. The Hall–Kier alpha value is 1.28. The van der Waals surface area contributed by atoms with E-state index in [4.69, 9.17) is 74.8 Å². The number of benzene rings is 2. The number of alkyl halides is 8. The molecule has 0 saturated heterocycles. The summed E-state index contributed by atoms with van der Waals surface area (Å²) in [5, 5.41) is 43.8. The molecule has 26 heteroatoms. The number of aliphatic hydroxyl groups excluding tert-OH is 1. The number of aliphatic hydroxyl groups is 1. The molecule has 2 aromatic carbocycles. The number of carbonyl (C=O) groups excluding carboxylic acids is 4. The van der Waals surface area contributed by atoms with E-state index < -0.39 is 122 Å². The molecule has 0 aliphatic rings. The first kappa shape index (κ1) is 75.3. The van der Waals surface area contributed by atoms with Gasteiger partial charge in [-0.3, -0.25) is 24.5 Å². The second-order valence-corrected chi connectivity index (χ2v) is 45.7. The molecule has 2 amide bonds. The summed E-state index contributed by atoms with van der Waals surface area (Å²) in [6.45, 7) is 20.0. The van der Waals surface area contributed by atoms with Crippen LogP contribution in [0, 0.1) is 55.7 Å². The van der Waals surface area contributed by atoms with Crippen molar-refractivity contribution in [1.29, 1.82) is 10.5 Å². The van der Waals surface area contributed by atoms with Crippen LogP contribution in [0.25, 0.3) is 0 Å². The Kier molecular flexibility index (Phi) is 59.1. The van der Waals surface area contributed by atoms with Crippen LogP contribution >= 0.6 is 181 Å². The maximum atomic E-state index is 11.6. The SMILES string of the molecule is CC.CC(I)(I)I.CC(I)I.CC(I)I.CCI.NC(=O)C(N)c1ccccc1.O.[2H]C([2H])([2H])C(C)(C)C(=O)O.[2H]C([2H])([2H])C(C)(C)C=O.[2H]C([2H])([2H])C(C)(C)C=O.[2H]C([2H])([2H])C(C)(C)CO.[2H]C([2H])([2H])C(C)(C)[C@@H](C#N)NC(C(N)=O)c1ccccc1.[2H]C([2H])([2H])C(C)(C)[C@H](N)C(=O)O.[C-]#N.[Na+]. The molecule has 4 atom stereocenters. The minimum absolute atomic E-state index is 0. The van der Waals surface area contributed by atoms with Crippen molar-refractivity contribution in [3.05, 3.63) is 78.4 Å². The van der Waals surface area contributed by atoms with Crippen LogP contribution in [-0.4, -0.2) is 83.5 Å². The predicted molar refractivity (Wildman–Crippen MR) is 423 cm³/mol. The van der Waals surface area contributed by atoms with E-state index in [1.807, 2.05) is 38.1 Å². The fourth-order valence-electron chi connectivity index (χ4n) is 2.70. The monoisotopic (exact) mass is 2130 g/mol. The molecule has 0 fully saturated rings. The number of carbonyl (C=O) groups is 6. The summed E-state index contributed by atoms with van der Waals surface area (Å²) < 4.78 is 129. The van der Waals surface area contributed by atoms with E-state index in [1.165, 1.54) is 87.5 Å². The van der Waals surface area contributed by atoms with Gasteiger partial charge in [-0.25, -0.2) is 0 Å². The Labute approximate surface area is 672 Å². The number of hydrogen-bond acceptors (Lipinski definition) is 12. The van der Waals surface area contributed by atoms with Crippen molar-refractivity contribution in [2.24, 2.45) is 55.4 Å². The Balaban J connectivity index is -0.0000000810. The molecule has 85 heavy (non-hydrogen) atoms.